The highest BCUT2D eigenvalue weighted by Crippen LogP contribution is 2.58. The molecule has 6 heterocycles. The number of phosphoric ester groups is 6. The summed E-state index contributed by atoms with van der Waals surface area (Å²) in [5.41, 5.74) is 0. The Morgan fingerprint density at radius 2 is 0.609 bits per heavy atom. The van der Waals surface area contributed by atoms with Gasteiger partial charge in [-0.2, -0.15) is 12.6 Å². The molecule has 0 aromatic carbocycles. The van der Waals surface area contributed by atoms with Crippen LogP contribution in [0.4, 0.5) is 0 Å². The van der Waals surface area contributed by atoms with Gasteiger partial charge < -0.3 is 72.5 Å². The van der Waals surface area contributed by atoms with Crippen molar-refractivity contribution in [3.8, 4) is 0 Å². The SMILES string of the molecule is C.C.C.C.C.C.[B][C@H]1C[C@@H](OP(=O)(O)OC[C@H]2O[C@@H]([B])C[C@H]2OP(=O)(O)OC[C@H]2O[C@@H]([B])C[C@H]2OP(=O)(OCCCS)OCC[N+]#[C-])[C@@H](CO)O1.[B][C@H]1C[C@@H](OP(=O)(OCC[N+]#[C-])OC[C@H]2O[C@@H]([B])C[C@H]2OP(=O)(OCC[N+]#[C-])OC[C@H]2O[C@@H]([B])C[C@H]2OP(=O)(OCCCSSCCCOC)OCC[N+]#[C-])[C@@H](CO)O1. The van der Waals surface area contributed by atoms with Crippen LogP contribution >= 0.6 is 81.2 Å². The van der Waals surface area contributed by atoms with Crippen LogP contribution in [0.15, 0.2) is 0 Å². The molecule has 6 aliphatic rings. The molecule has 24 atom stereocenters. The van der Waals surface area contributed by atoms with Gasteiger partial charge in [0.2, 0.25) is 26.2 Å². The number of nitrogens with zero attached hydrogens (tertiary/aromatic N) is 4. The van der Waals surface area contributed by atoms with Crippen LogP contribution in [-0.4, -0.2) is 313 Å². The van der Waals surface area contributed by atoms with E-state index in [0.717, 1.165) is 12.2 Å². The quantitative estimate of drug-likeness (QED) is 0.00952. The summed E-state index contributed by atoms with van der Waals surface area (Å²) < 4.78 is 205. The topological polar surface area (TPSA) is 413 Å². The van der Waals surface area contributed by atoms with E-state index >= 15 is 0 Å². The van der Waals surface area contributed by atoms with Crippen molar-refractivity contribution in [3.05, 3.63) is 45.7 Å². The van der Waals surface area contributed by atoms with E-state index in [0.29, 0.717) is 31.0 Å². The lowest BCUT2D eigenvalue weighted by molar-refractivity contribution is -0.0383. The molecule has 6 unspecified atom stereocenters. The van der Waals surface area contributed by atoms with Gasteiger partial charge >= 0.3 is 46.9 Å². The number of aliphatic hydroxyl groups is 2. The van der Waals surface area contributed by atoms with Crippen molar-refractivity contribution >= 4 is 128 Å². The Hall–Kier alpha value is -0.300. The van der Waals surface area contributed by atoms with Crippen molar-refractivity contribution in [2.75, 3.05) is 136 Å². The summed E-state index contributed by atoms with van der Waals surface area (Å²) in [5.74, 6) is 2.04. The van der Waals surface area contributed by atoms with Crippen LogP contribution in [0.1, 0.15) is 102 Å². The normalized spacial score (nSPS) is 30.7. The molecule has 4 N–H and O–H groups in total. The molecule has 0 aliphatic carbocycles. The molecule has 6 rings (SSSR count). The summed E-state index contributed by atoms with van der Waals surface area (Å²) in [6.45, 7) is 23.7. The Morgan fingerprint density at radius 1 is 0.373 bits per heavy atom. The van der Waals surface area contributed by atoms with Gasteiger partial charge in [0.1, 0.15) is 110 Å². The third-order valence-electron chi connectivity index (χ3n) is 14.6. The third-order valence-corrected chi connectivity index (χ3v) is 25.5. The molecule has 52 heteroatoms. The van der Waals surface area contributed by atoms with E-state index in [9.17, 15) is 47.4 Å². The zero-order valence-corrected chi connectivity index (χ0v) is 64.6. The van der Waals surface area contributed by atoms with Crippen LogP contribution in [0.3, 0.4) is 0 Å². The predicted octanol–water partition coefficient (Wildman–Crippen LogP) is 8.39. The molecule has 37 nitrogen and oxygen atoms in total. The highest BCUT2D eigenvalue weighted by atomic mass is 33.1. The molecule has 12 radical (unpaired) electrons. The van der Waals surface area contributed by atoms with E-state index in [1.54, 1.807) is 28.7 Å². The van der Waals surface area contributed by atoms with Crippen molar-refractivity contribution in [1.29, 1.82) is 0 Å². The zero-order chi connectivity index (χ0) is 76.4. The third kappa shape index (κ3) is 41.6. The molecule has 6 fully saturated rings. The minimum absolute atomic E-state index is 0. The minimum atomic E-state index is -4.87. The van der Waals surface area contributed by atoms with Crippen LogP contribution in [0.5, 0.6) is 0 Å². The Bertz CT molecular complexity index is 3030. The molecule has 0 spiro atoms. The first-order chi connectivity index (χ1) is 49.5. The summed E-state index contributed by atoms with van der Waals surface area (Å²) in [6, 6.07) is -5.40. The van der Waals surface area contributed by atoms with Gasteiger partial charge in [0.05, 0.1) is 89.5 Å². The number of hydrogen-bond donors (Lipinski definition) is 5. The Kier molecular flexibility index (Phi) is 58.7. The standard InChI is InChI=1S/C31H49B3N3O17P3S2.C21H35B3NO16P3S.6CH4/c1-35-7-12-44-55(39,43-11-6-16-59-58-15-5-10-42-4)53-24-18-30(33)50-27(24)21-48-57(41,46-14-9-37-3)54-25-19-31(34)51-28(25)22-47-56(40,45-13-8-36-2)52-23-17-29(32)49-26(23)20-38;1-25-3-5-33-44(31,32-4-2-6-45)41-15-9-21(24)38-18(15)12-35-43(29,30)40-14-8-20(23)37-17(14)11-34-42(27,28)39-13-7-19(22)36-16(13)10-26;;;;;;/h23-31,38H,5-22H2,4H3;13-21,26,45H,2-12H2,(H,27,28)(H,29,30);6*1H4/t23-,24-,25-,26-,27-,28-,29-,30-,31-,55?,56?,57?;13-,14-,15-,16-,17-,18-,19-,20-,21-,44?;;;;;;/m11....../s1. The fourth-order valence-corrected chi connectivity index (χ4v) is 19.7. The van der Waals surface area contributed by atoms with E-state index in [1.807, 2.05) is 0 Å². The van der Waals surface area contributed by atoms with E-state index in [2.05, 4.69) is 32.0 Å². The Balaban J connectivity index is 0. The molecule has 0 bridgehead atoms. The van der Waals surface area contributed by atoms with Crippen LogP contribution in [0.2, 0.25) is 0 Å². The highest BCUT2D eigenvalue weighted by Gasteiger charge is 2.49. The number of hydrogen-bond acceptors (Lipinski definition) is 34. The minimum Gasteiger partial charge on any atom is -0.394 e. The Labute approximate surface area is 671 Å². The number of methoxy groups -OCH3 is 1. The van der Waals surface area contributed by atoms with Crippen molar-refractivity contribution in [2.45, 2.75) is 212 Å². The molecule has 110 heavy (non-hydrogen) atoms. The van der Waals surface area contributed by atoms with Gasteiger partial charge in [-0.25, -0.2) is 53.7 Å². The molecule has 6 aliphatic heterocycles. The van der Waals surface area contributed by atoms with Crippen molar-refractivity contribution in [1.82, 2.24) is 0 Å². The lowest BCUT2D eigenvalue weighted by Gasteiger charge is -2.28. The van der Waals surface area contributed by atoms with Gasteiger partial charge in [-0.3, -0.25) is 72.4 Å². The molecular formula is C58H108B6N4O33P6S3. The van der Waals surface area contributed by atoms with Crippen LogP contribution in [-0.2, 0) is 133 Å². The lowest BCUT2D eigenvalue weighted by Crippen LogP contribution is -2.32. The molecule has 0 aromatic heterocycles. The van der Waals surface area contributed by atoms with Gasteiger partial charge in [0, 0.05) is 61.2 Å². The second-order valence-corrected chi connectivity index (χ2v) is 35.2. The zero-order valence-electron chi connectivity index (χ0n) is 56.7. The fraction of sp³-hybridized carbons (Fsp3) is 0.931. The van der Waals surface area contributed by atoms with Crippen LogP contribution < -0.4 is 0 Å². The maximum Gasteiger partial charge on any atom is 0.475 e. The van der Waals surface area contributed by atoms with Crippen LogP contribution in [0.25, 0.3) is 19.4 Å². The van der Waals surface area contributed by atoms with Gasteiger partial charge in [0.15, 0.2) is 0 Å². The molecule has 6 saturated heterocycles. The second kappa shape index (κ2) is 57.8. The first-order valence-electron chi connectivity index (χ1n) is 32.4. The van der Waals surface area contributed by atoms with Gasteiger partial charge in [-0.05, 0) is 63.5 Å². The average Bonchev–Trinajstić information content (AvgIpc) is 1.66. The molecule has 0 aromatic rings. The molecule has 0 amide bonds. The summed E-state index contributed by atoms with van der Waals surface area (Å²) >= 11 is 4.07. The van der Waals surface area contributed by atoms with Gasteiger partial charge in [-0.15, -0.1) is 0 Å². The largest absolute Gasteiger partial charge is 0.475 e. The molecule has 0 saturated carbocycles. The summed E-state index contributed by atoms with van der Waals surface area (Å²) in [6.07, 6.45) is -11.1. The maximum absolute atomic E-state index is 14.1. The first kappa shape index (κ1) is 112. The first-order valence-corrected chi connectivity index (χ1v) is 44.4. The summed E-state index contributed by atoms with van der Waals surface area (Å²) in [4.78, 5) is 33.3. The predicted molar refractivity (Wildman–Crippen MR) is 418 cm³/mol. The van der Waals surface area contributed by atoms with Crippen molar-refractivity contribution < 1.29 is 153 Å². The second-order valence-electron chi connectivity index (χ2n) is 22.8. The highest BCUT2D eigenvalue weighted by molar-refractivity contribution is 8.76. The average molecular weight is 1740 g/mol. The summed E-state index contributed by atoms with van der Waals surface area (Å²) in [5, 5.41) is 19.0. The summed E-state index contributed by atoms with van der Waals surface area (Å²) in [7, 11) is 13.0. The number of rotatable bonds is 52. The van der Waals surface area contributed by atoms with Crippen molar-refractivity contribution in [3.63, 3.8) is 0 Å². The number of phosphoric acid groups is 6. The van der Waals surface area contributed by atoms with E-state index in [1.165, 1.54) is 0 Å². The van der Waals surface area contributed by atoms with E-state index < -0.39 is 196 Å². The van der Waals surface area contributed by atoms with Crippen molar-refractivity contribution in [2.24, 2.45) is 0 Å². The van der Waals surface area contributed by atoms with E-state index in [4.69, 9.17) is 179 Å². The van der Waals surface area contributed by atoms with Gasteiger partial charge in [-0.1, -0.05) is 66.1 Å². The Morgan fingerprint density at radius 3 is 0.891 bits per heavy atom. The fourth-order valence-electron chi connectivity index (χ4n) is 9.90. The molecule has 624 valence electrons. The lowest BCUT2D eigenvalue weighted by atomic mass is 9.96. The number of ether oxygens (including phenoxy) is 7. The van der Waals surface area contributed by atoms with Gasteiger partial charge in [0.25, 0.3) is 0 Å². The van der Waals surface area contributed by atoms with E-state index in [-0.39, 0.29) is 149 Å². The number of thiol groups is 1. The van der Waals surface area contributed by atoms with Crippen LogP contribution in [0, 0.1) is 26.3 Å². The smallest absolute Gasteiger partial charge is 0.394 e. The maximum atomic E-state index is 14.1. The monoisotopic (exact) mass is 1740 g/mol. The molecular weight excluding hydrogens is 1630 g/mol. The number of aliphatic hydroxyl groups excluding tert-OH is 2.